The van der Waals surface area contributed by atoms with Crippen molar-refractivity contribution >= 4 is 33.0 Å². The lowest BCUT2D eigenvalue weighted by atomic mass is 10.1. The van der Waals surface area contributed by atoms with Crippen molar-refractivity contribution in [2.24, 2.45) is 0 Å². The quantitative estimate of drug-likeness (QED) is 0.942. The van der Waals surface area contributed by atoms with Crippen molar-refractivity contribution in [3.63, 3.8) is 0 Å². The molecule has 0 aliphatic heterocycles. The van der Waals surface area contributed by atoms with E-state index in [2.05, 4.69) is 5.32 Å². The van der Waals surface area contributed by atoms with Crippen molar-refractivity contribution in [3.05, 3.63) is 58.6 Å². The van der Waals surface area contributed by atoms with Gasteiger partial charge in [0.15, 0.2) is 9.84 Å². The number of anilines is 1. The van der Waals surface area contributed by atoms with Gasteiger partial charge in [-0.25, -0.2) is 8.42 Å². The Morgan fingerprint density at radius 3 is 2.43 bits per heavy atom. The van der Waals surface area contributed by atoms with Crippen LogP contribution in [0.2, 0.25) is 5.02 Å². The van der Waals surface area contributed by atoms with E-state index in [-0.39, 0.29) is 10.5 Å². The van der Waals surface area contributed by atoms with Crippen molar-refractivity contribution < 1.29 is 13.2 Å². The standard InChI is InChI=1S/C15H14ClNO3S/c1-10-12(16)7-5-8-13(10)17-15(18)11-6-3-4-9-14(11)21(2,19)20/h3-9H,1-2H3,(H,17,18). The molecule has 4 nitrogen and oxygen atoms in total. The number of carbonyl (C=O) groups excluding carboxylic acids is 1. The fourth-order valence-electron chi connectivity index (χ4n) is 1.91. The normalized spacial score (nSPS) is 11.2. The van der Waals surface area contributed by atoms with Crippen LogP contribution in [0.3, 0.4) is 0 Å². The first-order valence-corrected chi connectivity index (χ1v) is 8.43. The topological polar surface area (TPSA) is 63.2 Å². The lowest BCUT2D eigenvalue weighted by Crippen LogP contribution is -2.16. The maximum atomic E-state index is 12.3. The number of hydrogen-bond acceptors (Lipinski definition) is 3. The van der Waals surface area contributed by atoms with Crippen LogP contribution in [0.15, 0.2) is 47.4 Å². The molecule has 0 aromatic heterocycles. The van der Waals surface area contributed by atoms with Gasteiger partial charge >= 0.3 is 0 Å². The van der Waals surface area contributed by atoms with Gasteiger partial charge in [0.25, 0.3) is 5.91 Å². The molecule has 0 saturated carbocycles. The third-order valence-corrected chi connectivity index (χ3v) is 4.61. The summed E-state index contributed by atoms with van der Waals surface area (Å²) in [5.41, 5.74) is 1.39. The molecule has 2 rings (SSSR count). The summed E-state index contributed by atoms with van der Waals surface area (Å²) in [4.78, 5) is 12.3. The second-order valence-corrected chi connectivity index (χ2v) is 7.03. The van der Waals surface area contributed by atoms with Crippen LogP contribution in [-0.2, 0) is 9.84 Å². The molecule has 0 atom stereocenters. The van der Waals surface area contributed by atoms with Crippen molar-refractivity contribution in [3.8, 4) is 0 Å². The van der Waals surface area contributed by atoms with Gasteiger partial charge in [-0.1, -0.05) is 29.8 Å². The number of rotatable bonds is 3. The minimum atomic E-state index is -3.48. The lowest BCUT2D eigenvalue weighted by molar-refractivity contribution is 0.102. The third kappa shape index (κ3) is 3.43. The minimum absolute atomic E-state index is 0.00202. The summed E-state index contributed by atoms with van der Waals surface area (Å²) in [7, 11) is -3.48. The van der Waals surface area contributed by atoms with E-state index >= 15 is 0 Å². The van der Waals surface area contributed by atoms with E-state index in [1.165, 1.54) is 12.1 Å². The predicted octanol–water partition coefficient (Wildman–Crippen LogP) is 3.30. The molecule has 0 unspecified atom stereocenters. The van der Waals surface area contributed by atoms with Gasteiger partial charge in [0.1, 0.15) is 0 Å². The second kappa shape index (κ2) is 5.87. The summed E-state index contributed by atoms with van der Waals surface area (Å²) >= 11 is 6.00. The summed E-state index contributed by atoms with van der Waals surface area (Å²) in [5, 5.41) is 3.22. The monoisotopic (exact) mass is 323 g/mol. The van der Waals surface area contributed by atoms with Crippen LogP contribution in [0.4, 0.5) is 5.69 Å². The first-order valence-electron chi connectivity index (χ1n) is 6.16. The van der Waals surface area contributed by atoms with Gasteiger partial charge < -0.3 is 5.32 Å². The molecule has 0 aliphatic carbocycles. The highest BCUT2D eigenvalue weighted by molar-refractivity contribution is 7.90. The summed E-state index contributed by atoms with van der Waals surface area (Å²) in [6, 6.07) is 11.2. The highest BCUT2D eigenvalue weighted by Gasteiger charge is 2.18. The molecule has 6 heteroatoms. The molecule has 1 amide bonds. The van der Waals surface area contributed by atoms with Crippen LogP contribution in [0.1, 0.15) is 15.9 Å². The molecule has 0 heterocycles. The predicted molar refractivity (Wildman–Crippen MR) is 83.7 cm³/mol. The van der Waals surface area contributed by atoms with Gasteiger partial charge in [-0.2, -0.15) is 0 Å². The molecular formula is C15H14ClNO3S. The molecule has 0 aliphatic rings. The van der Waals surface area contributed by atoms with Crippen molar-refractivity contribution in [1.29, 1.82) is 0 Å². The van der Waals surface area contributed by atoms with Crippen LogP contribution >= 0.6 is 11.6 Å². The molecule has 0 spiro atoms. The minimum Gasteiger partial charge on any atom is -0.322 e. The highest BCUT2D eigenvalue weighted by atomic mass is 35.5. The molecule has 0 saturated heterocycles. The largest absolute Gasteiger partial charge is 0.322 e. The Hall–Kier alpha value is -1.85. The number of nitrogens with one attached hydrogen (secondary N) is 1. The number of amides is 1. The molecule has 1 N–H and O–H groups in total. The molecule has 21 heavy (non-hydrogen) atoms. The van der Waals surface area contributed by atoms with E-state index in [1.54, 1.807) is 37.3 Å². The molecule has 2 aromatic rings. The Balaban J connectivity index is 2.41. The zero-order valence-corrected chi connectivity index (χ0v) is 13.1. The van der Waals surface area contributed by atoms with Gasteiger partial charge in [-0.05, 0) is 36.8 Å². The Morgan fingerprint density at radius 1 is 1.10 bits per heavy atom. The molecule has 0 fully saturated rings. The van der Waals surface area contributed by atoms with E-state index in [9.17, 15) is 13.2 Å². The average Bonchev–Trinajstić information content (AvgIpc) is 2.43. The zero-order chi connectivity index (χ0) is 15.6. The third-order valence-electron chi connectivity index (χ3n) is 3.05. The Kier molecular flexibility index (Phi) is 4.34. The van der Waals surface area contributed by atoms with Gasteiger partial charge in [-0.15, -0.1) is 0 Å². The molecule has 0 radical (unpaired) electrons. The van der Waals surface area contributed by atoms with Gasteiger partial charge in [0, 0.05) is 17.0 Å². The molecule has 2 aromatic carbocycles. The van der Waals surface area contributed by atoms with E-state index in [0.29, 0.717) is 10.7 Å². The fourth-order valence-corrected chi connectivity index (χ4v) is 2.97. The van der Waals surface area contributed by atoms with Crippen LogP contribution in [-0.4, -0.2) is 20.6 Å². The second-order valence-electron chi connectivity index (χ2n) is 4.63. The Morgan fingerprint density at radius 2 is 1.76 bits per heavy atom. The van der Waals surface area contributed by atoms with E-state index in [0.717, 1.165) is 11.8 Å². The maximum Gasteiger partial charge on any atom is 0.256 e. The molecule has 0 bridgehead atoms. The highest BCUT2D eigenvalue weighted by Crippen LogP contribution is 2.24. The smallest absolute Gasteiger partial charge is 0.256 e. The van der Waals surface area contributed by atoms with Gasteiger partial charge in [0.05, 0.1) is 10.5 Å². The molecule has 110 valence electrons. The van der Waals surface area contributed by atoms with Crippen molar-refractivity contribution in [1.82, 2.24) is 0 Å². The van der Waals surface area contributed by atoms with Gasteiger partial charge in [0.2, 0.25) is 0 Å². The Bertz CT molecular complexity index is 800. The number of benzene rings is 2. The van der Waals surface area contributed by atoms with E-state index in [4.69, 9.17) is 11.6 Å². The van der Waals surface area contributed by atoms with Crippen molar-refractivity contribution in [2.75, 3.05) is 11.6 Å². The first-order chi connectivity index (χ1) is 9.80. The summed E-state index contributed by atoms with van der Waals surface area (Å²) < 4.78 is 23.5. The maximum absolute atomic E-state index is 12.3. The lowest BCUT2D eigenvalue weighted by Gasteiger charge is -2.11. The average molecular weight is 324 g/mol. The van der Waals surface area contributed by atoms with Crippen LogP contribution < -0.4 is 5.32 Å². The number of sulfone groups is 1. The van der Waals surface area contributed by atoms with Crippen molar-refractivity contribution in [2.45, 2.75) is 11.8 Å². The summed E-state index contributed by atoms with van der Waals surface area (Å²) in [6.45, 7) is 1.78. The SMILES string of the molecule is Cc1c(Cl)cccc1NC(=O)c1ccccc1S(C)(=O)=O. The van der Waals surface area contributed by atoms with Crippen LogP contribution in [0, 0.1) is 6.92 Å². The first kappa shape index (κ1) is 15.5. The van der Waals surface area contributed by atoms with Crippen LogP contribution in [0.5, 0.6) is 0 Å². The summed E-state index contributed by atoms with van der Waals surface area (Å²) in [5.74, 6) is -0.485. The summed E-state index contributed by atoms with van der Waals surface area (Å²) in [6.07, 6.45) is 1.07. The number of halogens is 1. The van der Waals surface area contributed by atoms with Gasteiger partial charge in [-0.3, -0.25) is 4.79 Å². The fraction of sp³-hybridized carbons (Fsp3) is 0.133. The molecular weight excluding hydrogens is 310 g/mol. The van der Waals surface area contributed by atoms with Crippen LogP contribution in [0.25, 0.3) is 0 Å². The number of carbonyl (C=O) groups is 1. The number of hydrogen-bond donors (Lipinski definition) is 1. The Labute approximate surface area is 128 Å². The van der Waals surface area contributed by atoms with E-state index < -0.39 is 15.7 Å². The van der Waals surface area contributed by atoms with E-state index in [1.807, 2.05) is 0 Å². The zero-order valence-electron chi connectivity index (χ0n) is 11.6.